The number of aromatic nitrogens is 1. The molecule has 0 unspecified atom stereocenters. The van der Waals surface area contributed by atoms with E-state index in [0.29, 0.717) is 15.4 Å². The largest absolute Gasteiger partial charge is 0.452 e. The molecule has 0 radical (unpaired) electrons. The van der Waals surface area contributed by atoms with Crippen molar-refractivity contribution in [1.82, 2.24) is 9.88 Å². The molecule has 0 saturated carbocycles. The molecule has 0 aliphatic heterocycles. The first-order valence-electron chi connectivity index (χ1n) is 6.21. The van der Waals surface area contributed by atoms with Crippen LogP contribution in [0.2, 0.25) is 4.34 Å². The molecule has 1 amide bonds. The molecule has 22 heavy (non-hydrogen) atoms. The summed E-state index contributed by atoms with van der Waals surface area (Å²) in [5.41, 5.74) is 0.287. The van der Waals surface area contributed by atoms with E-state index < -0.39 is 5.97 Å². The Hall–Kier alpha value is -1.44. The van der Waals surface area contributed by atoms with Gasteiger partial charge < -0.3 is 9.64 Å². The van der Waals surface area contributed by atoms with Crippen LogP contribution in [0.4, 0.5) is 0 Å². The Morgan fingerprint density at radius 3 is 2.82 bits per heavy atom. The molecule has 0 N–H and O–H groups in total. The highest BCUT2D eigenvalue weighted by Crippen LogP contribution is 2.22. The fourth-order valence-corrected chi connectivity index (χ4v) is 3.11. The van der Waals surface area contributed by atoms with E-state index in [4.69, 9.17) is 16.3 Å². The number of rotatable bonds is 5. The first kappa shape index (κ1) is 16.9. The zero-order valence-electron chi connectivity index (χ0n) is 11.6. The molecular weight excluding hydrogens is 392 g/mol. The average Bonchev–Trinajstić information content (AvgIpc) is 2.89. The molecule has 2 aromatic rings. The number of hydrogen-bond donors (Lipinski definition) is 0. The number of amides is 1. The zero-order chi connectivity index (χ0) is 16.1. The molecule has 0 aliphatic carbocycles. The van der Waals surface area contributed by atoms with E-state index >= 15 is 0 Å². The maximum absolute atomic E-state index is 12.0. The second-order valence-corrected chi connectivity index (χ2v) is 7.14. The summed E-state index contributed by atoms with van der Waals surface area (Å²) >= 11 is 10.5. The van der Waals surface area contributed by atoms with Crippen molar-refractivity contribution in [3.8, 4) is 0 Å². The van der Waals surface area contributed by atoms with Crippen LogP contribution >= 0.6 is 38.9 Å². The predicted octanol–water partition coefficient (Wildman–Crippen LogP) is 3.37. The van der Waals surface area contributed by atoms with Gasteiger partial charge >= 0.3 is 5.97 Å². The lowest BCUT2D eigenvalue weighted by molar-refractivity contribution is -0.133. The third-order valence-corrected chi connectivity index (χ3v) is 4.36. The standard InChI is InChI=1S/C14H12BrClN2O3S/c1-18(7-11-2-3-12(16)22-11)13(19)8-21-14(20)9-4-10(15)6-17-5-9/h2-6H,7-8H2,1H3. The highest BCUT2D eigenvalue weighted by atomic mass is 79.9. The van der Waals surface area contributed by atoms with Crippen molar-refractivity contribution in [1.29, 1.82) is 0 Å². The van der Waals surface area contributed by atoms with E-state index in [9.17, 15) is 9.59 Å². The third-order valence-electron chi connectivity index (χ3n) is 2.71. The molecule has 0 aromatic carbocycles. The molecular formula is C14H12BrClN2O3S. The van der Waals surface area contributed by atoms with E-state index in [1.807, 2.05) is 6.07 Å². The number of thiophene rings is 1. The molecule has 0 atom stereocenters. The summed E-state index contributed by atoms with van der Waals surface area (Å²) in [5, 5.41) is 0. The SMILES string of the molecule is CN(Cc1ccc(Cl)s1)C(=O)COC(=O)c1cncc(Br)c1. The summed E-state index contributed by atoms with van der Waals surface area (Å²) in [6.07, 6.45) is 2.94. The fraction of sp³-hybridized carbons (Fsp3) is 0.214. The Kier molecular flexibility index (Phi) is 5.93. The predicted molar refractivity (Wildman–Crippen MR) is 88.0 cm³/mol. The maximum Gasteiger partial charge on any atom is 0.340 e. The van der Waals surface area contributed by atoms with Crippen molar-refractivity contribution in [3.05, 3.63) is 49.8 Å². The Bertz CT molecular complexity index is 692. The summed E-state index contributed by atoms with van der Waals surface area (Å²) in [7, 11) is 1.64. The quantitative estimate of drug-likeness (QED) is 0.718. The second-order valence-electron chi connectivity index (χ2n) is 4.42. The van der Waals surface area contributed by atoms with Crippen molar-refractivity contribution in [2.24, 2.45) is 0 Å². The van der Waals surface area contributed by atoms with Crippen LogP contribution < -0.4 is 0 Å². The summed E-state index contributed by atoms with van der Waals surface area (Å²) in [6, 6.07) is 5.22. The van der Waals surface area contributed by atoms with Gasteiger partial charge in [-0.3, -0.25) is 9.78 Å². The molecule has 0 fully saturated rings. The van der Waals surface area contributed by atoms with Gasteiger partial charge in [-0.05, 0) is 34.1 Å². The van der Waals surface area contributed by atoms with E-state index in [2.05, 4.69) is 20.9 Å². The fourth-order valence-electron chi connectivity index (χ4n) is 1.60. The van der Waals surface area contributed by atoms with Crippen LogP contribution in [0.1, 0.15) is 15.2 Å². The zero-order valence-corrected chi connectivity index (χ0v) is 14.7. The number of nitrogens with zero attached hydrogens (tertiary/aromatic N) is 2. The lowest BCUT2D eigenvalue weighted by atomic mass is 10.3. The van der Waals surface area contributed by atoms with Crippen molar-refractivity contribution >= 4 is 50.7 Å². The van der Waals surface area contributed by atoms with Crippen LogP contribution in [0.15, 0.2) is 35.1 Å². The first-order valence-corrected chi connectivity index (χ1v) is 8.20. The van der Waals surface area contributed by atoms with Gasteiger partial charge in [0.1, 0.15) is 0 Å². The summed E-state index contributed by atoms with van der Waals surface area (Å²) in [6.45, 7) is 0.104. The number of likely N-dealkylation sites (N-methyl/N-ethyl adjacent to an activating group) is 1. The molecule has 0 spiro atoms. The topological polar surface area (TPSA) is 59.5 Å². The van der Waals surface area contributed by atoms with Crippen LogP contribution in [0.3, 0.4) is 0 Å². The van der Waals surface area contributed by atoms with E-state index in [1.54, 1.807) is 25.4 Å². The maximum atomic E-state index is 12.0. The Labute approximate surface area is 145 Å². The van der Waals surface area contributed by atoms with Gasteiger partial charge in [-0.2, -0.15) is 0 Å². The van der Waals surface area contributed by atoms with Crippen molar-refractivity contribution in [2.75, 3.05) is 13.7 Å². The molecule has 116 valence electrons. The van der Waals surface area contributed by atoms with Gasteiger partial charge in [0.25, 0.3) is 5.91 Å². The summed E-state index contributed by atoms with van der Waals surface area (Å²) < 4.78 is 6.33. The highest BCUT2D eigenvalue weighted by Gasteiger charge is 2.15. The lowest BCUT2D eigenvalue weighted by Crippen LogP contribution is -2.30. The average molecular weight is 404 g/mol. The molecule has 2 aromatic heterocycles. The van der Waals surface area contributed by atoms with Crippen molar-refractivity contribution < 1.29 is 14.3 Å². The number of halogens is 2. The molecule has 8 heteroatoms. The van der Waals surface area contributed by atoms with Gasteiger partial charge in [-0.1, -0.05) is 11.6 Å². The number of esters is 1. The number of ether oxygens (including phenoxy) is 1. The lowest BCUT2D eigenvalue weighted by Gasteiger charge is -2.16. The highest BCUT2D eigenvalue weighted by molar-refractivity contribution is 9.10. The number of carbonyl (C=O) groups excluding carboxylic acids is 2. The van der Waals surface area contributed by atoms with Crippen LogP contribution in [0.25, 0.3) is 0 Å². The van der Waals surface area contributed by atoms with Crippen LogP contribution in [-0.4, -0.2) is 35.4 Å². The Balaban J connectivity index is 1.85. The molecule has 2 rings (SSSR count). The van der Waals surface area contributed by atoms with E-state index in [0.717, 1.165) is 4.88 Å². The molecule has 0 aliphatic rings. The van der Waals surface area contributed by atoms with E-state index in [1.165, 1.54) is 22.4 Å². The number of pyridine rings is 1. The molecule has 2 heterocycles. The Morgan fingerprint density at radius 1 is 1.41 bits per heavy atom. The minimum absolute atomic E-state index is 0.287. The monoisotopic (exact) mass is 402 g/mol. The van der Waals surface area contributed by atoms with Crippen molar-refractivity contribution in [3.63, 3.8) is 0 Å². The van der Waals surface area contributed by atoms with Crippen LogP contribution in [0.5, 0.6) is 0 Å². The van der Waals surface area contributed by atoms with Gasteiger partial charge in [-0.15, -0.1) is 11.3 Å². The normalized spacial score (nSPS) is 10.3. The second kappa shape index (κ2) is 7.71. The van der Waals surface area contributed by atoms with Gasteiger partial charge in [0.15, 0.2) is 6.61 Å². The summed E-state index contributed by atoms with van der Waals surface area (Å²) in [5.74, 6) is -0.879. The summed E-state index contributed by atoms with van der Waals surface area (Å²) in [4.78, 5) is 30.1. The van der Waals surface area contributed by atoms with Gasteiger partial charge in [-0.25, -0.2) is 4.79 Å². The van der Waals surface area contributed by atoms with Gasteiger partial charge in [0.2, 0.25) is 0 Å². The third kappa shape index (κ3) is 4.79. The molecule has 0 bridgehead atoms. The first-order chi connectivity index (χ1) is 10.5. The van der Waals surface area contributed by atoms with Gasteiger partial charge in [0, 0.05) is 28.8 Å². The minimum atomic E-state index is -0.588. The van der Waals surface area contributed by atoms with Gasteiger partial charge in [0.05, 0.1) is 16.4 Å². The molecule has 5 nitrogen and oxygen atoms in total. The van der Waals surface area contributed by atoms with Crippen molar-refractivity contribution in [2.45, 2.75) is 6.54 Å². The minimum Gasteiger partial charge on any atom is -0.452 e. The molecule has 0 saturated heterocycles. The van der Waals surface area contributed by atoms with E-state index in [-0.39, 0.29) is 18.1 Å². The number of hydrogen-bond acceptors (Lipinski definition) is 5. The number of carbonyl (C=O) groups is 2. The smallest absolute Gasteiger partial charge is 0.340 e. The Morgan fingerprint density at radius 2 is 2.18 bits per heavy atom. The van der Waals surface area contributed by atoms with Crippen LogP contribution in [-0.2, 0) is 16.1 Å². The van der Waals surface area contributed by atoms with Crippen LogP contribution in [0, 0.1) is 0 Å².